The quantitative estimate of drug-likeness (QED) is 0.734. The SMILES string of the molecule is COc1ccc(Br)c(C(=O)Cc2c(Br)c(C)nn2C)c1. The van der Waals surface area contributed by atoms with Crippen LogP contribution in [0.2, 0.25) is 0 Å². The molecule has 106 valence electrons. The molecule has 0 aliphatic carbocycles. The second-order valence-corrected chi connectivity index (χ2v) is 6.06. The highest BCUT2D eigenvalue weighted by atomic mass is 79.9. The fourth-order valence-electron chi connectivity index (χ4n) is 1.96. The molecule has 0 spiro atoms. The summed E-state index contributed by atoms with van der Waals surface area (Å²) in [7, 11) is 3.42. The minimum atomic E-state index is 0.0134. The summed E-state index contributed by atoms with van der Waals surface area (Å²) < 4.78 is 8.53. The Bertz CT molecular complexity index is 665. The van der Waals surface area contributed by atoms with Crippen LogP contribution in [0.1, 0.15) is 21.7 Å². The zero-order valence-electron chi connectivity index (χ0n) is 11.4. The molecule has 1 aromatic heterocycles. The molecule has 2 rings (SSSR count). The van der Waals surface area contributed by atoms with Gasteiger partial charge < -0.3 is 4.74 Å². The molecule has 0 bridgehead atoms. The summed E-state index contributed by atoms with van der Waals surface area (Å²) >= 11 is 6.88. The van der Waals surface area contributed by atoms with Gasteiger partial charge in [0.25, 0.3) is 0 Å². The van der Waals surface area contributed by atoms with Crippen molar-refractivity contribution < 1.29 is 9.53 Å². The van der Waals surface area contributed by atoms with Gasteiger partial charge in [-0.2, -0.15) is 5.10 Å². The number of hydrogen-bond acceptors (Lipinski definition) is 3. The van der Waals surface area contributed by atoms with Crippen LogP contribution in [0.5, 0.6) is 5.75 Å². The summed E-state index contributed by atoms with van der Waals surface area (Å²) in [5, 5.41) is 4.29. The molecule has 0 N–H and O–H groups in total. The van der Waals surface area contributed by atoms with E-state index in [2.05, 4.69) is 37.0 Å². The number of nitrogens with zero attached hydrogens (tertiary/aromatic N) is 2. The number of carbonyl (C=O) groups excluding carboxylic acids is 1. The van der Waals surface area contributed by atoms with Gasteiger partial charge in [-0.3, -0.25) is 9.48 Å². The van der Waals surface area contributed by atoms with Crippen LogP contribution in [0, 0.1) is 6.92 Å². The summed E-state index contributed by atoms with van der Waals surface area (Å²) in [6.45, 7) is 1.90. The first-order chi connectivity index (χ1) is 9.43. The Balaban J connectivity index is 2.33. The molecule has 0 unspecified atom stereocenters. The summed E-state index contributed by atoms with van der Waals surface area (Å²) in [5.41, 5.74) is 2.34. The lowest BCUT2D eigenvalue weighted by Gasteiger charge is -2.07. The van der Waals surface area contributed by atoms with Gasteiger partial charge >= 0.3 is 0 Å². The molecular weight excluding hydrogens is 388 g/mol. The number of aromatic nitrogens is 2. The molecule has 0 radical (unpaired) electrons. The molecule has 2 aromatic rings. The Morgan fingerprint density at radius 1 is 1.40 bits per heavy atom. The third-order valence-electron chi connectivity index (χ3n) is 3.06. The molecule has 0 aliphatic heterocycles. The number of benzene rings is 1. The van der Waals surface area contributed by atoms with E-state index in [1.807, 2.05) is 26.1 Å². The molecule has 0 fully saturated rings. The molecule has 20 heavy (non-hydrogen) atoms. The zero-order valence-corrected chi connectivity index (χ0v) is 14.6. The predicted octanol–water partition coefficient (Wildman–Crippen LogP) is 3.69. The third-order valence-corrected chi connectivity index (χ3v) is 4.79. The third kappa shape index (κ3) is 2.96. The van der Waals surface area contributed by atoms with E-state index >= 15 is 0 Å². The maximum absolute atomic E-state index is 12.5. The van der Waals surface area contributed by atoms with Crippen molar-refractivity contribution in [1.82, 2.24) is 9.78 Å². The van der Waals surface area contributed by atoms with Crippen LogP contribution in [0.25, 0.3) is 0 Å². The molecule has 1 aromatic carbocycles. The van der Waals surface area contributed by atoms with E-state index < -0.39 is 0 Å². The normalized spacial score (nSPS) is 10.7. The Labute approximate surface area is 134 Å². The highest BCUT2D eigenvalue weighted by Gasteiger charge is 2.18. The minimum absolute atomic E-state index is 0.0134. The standard InChI is InChI=1S/C14H14Br2N2O2/c1-8-14(16)12(18(2)17-8)7-13(19)10-6-9(20-3)4-5-11(10)15/h4-6H,7H2,1-3H3. The van der Waals surface area contributed by atoms with Crippen molar-refractivity contribution in [3.05, 3.63) is 44.1 Å². The first kappa shape index (κ1) is 15.3. The average Bonchev–Trinajstić information content (AvgIpc) is 2.66. The van der Waals surface area contributed by atoms with Gasteiger partial charge in [0.1, 0.15) is 5.75 Å². The van der Waals surface area contributed by atoms with Crippen LogP contribution >= 0.6 is 31.9 Å². The maximum Gasteiger partial charge on any atom is 0.170 e. The highest BCUT2D eigenvalue weighted by Crippen LogP contribution is 2.26. The van der Waals surface area contributed by atoms with Crippen LogP contribution < -0.4 is 4.74 Å². The van der Waals surface area contributed by atoms with Crippen molar-refractivity contribution in [2.45, 2.75) is 13.3 Å². The molecule has 0 aliphatic rings. The van der Waals surface area contributed by atoms with E-state index in [1.165, 1.54) is 0 Å². The number of hydrogen-bond donors (Lipinski definition) is 0. The first-order valence-electron chi connectivity index (χ1n) is 5.98. The van der Waals surface area contributed by atoms with E-state index in [1.54, 1.807) is 17.9 Å². The van der Waals surface area contributed by atoms with Crippen molar-refractivity contribution in [1.29, 1.82) is 0 Å². The number of carbonyl (C=O) groups is 1. The monoisotopic (exact) mass is 400 g/mol. The van der Waals surface area contributed by atoms with Gasteiger partial charge in [0, 0.05) is 17.1 Å². The van der Waals surface area contributed by atoms with E-state index in [9.17, 15) is 4.79 Å². The van der Waals surface area contributed by atoms with Gasteiger partial charge in [-0.1, -0.05) is 15.9 Å². The molecule has 0 saturated carbocycles. The molecule has 4 nitrogen and oxygen atoms in total. The molecule has 0 saturated heterocycles. The van der Waals surface area contributed by atoms with Gasteiger partial charge in [-0.25, -0.2) is 0 Å². The Kier molecular flexibility index (Phi) is 4.65. The van der Waals surface area contributed by atoms with E-state index in [4.69, 9.17) is 4.74 Å². The Hall–Kier alpha value is -1.14. The zero-order chi connectivity index (χ0) is 14.9. The number of ether oxygens (including phenoxy) is 1. The molecular formula is C14H14Br2N2O2. The Morgan fingerprint density at radius 2 is 2.10 bits per heavy atom. The lowest BCUT2D eigenvalue weighted by Crippen LogP contribution is -2.09. The lowest BCUT2D eigenvalue weighted by atomic mass is 10.1. The van der Waals surface area contributed by atoms with Crippen LogP contribution in [0.3, 0.4) is 0 Å². The van der Waals surface area contributed by atoms with Gasteiger partial charge in [-0.05, 0) is 41.1 Å². The van der Waals surface area contributed by atoms with Crippen molar-refractivity contribution in [2.75, 3.05) is 7.11 Å². The van der Waals surface area contributed by atoms with Crippen LogP contribution in [0.15, 0.2) is 27.1 Å². The molecule has 6 heteroatoms. The minimum Gasteiger partial charge on any atom is -0.497 e. The van der Waals surface area contributed by atoms with Gasteiger partial charge in [0.05, 0.1) is 29.4 Å². The second kappa shape index (κ2) is 6.10. The summed E-state index contributed by atoms with van der Waals surface area (Å²) in [6, 6.07) is 5.37. The average molecular weight is 402 g/mol. The first-order valence-corrected chi connectivity index (χ1v) is 7.57. The van der Waals surface area contributed by atoms with E-state index in [0.717, 1.165) is 20.3 Å². The maximum atomic E-state index is 12.5. The topological polar surface area (TPSA) is 44.1 Å². The van der Waals surface area contributed by atoms with E-state index in [-0.39, 0.29) is 12.2 Å². The van der Waals surface area contributed by atoms with Crippen LogP contribution in [0.4, 0.5) is 0 Å². The lowest BCUT2D eigenvalue weighted by molar-refractivity contribution is 0.0989. The highest BCUT2D eigenvalue weighted by molar-refractivity contribution is 9.10. The molecule has 0 amide bonds. The van der Waals surface area contributed by atoms with Crippen molar-refractivity contribution in [2.24, 2.45) is 7.05 Å². The van der Waals surface area contributed by atoms with Crippen LogP contribution in [-0.4, -0.2) is 22.7 Å². The van der Waals surface area contributed by atoms with Gasteiger partial charge in [-0.15, -0.1) is 0 Å². The fraction of sp³-hybridized carbons (Fsp3) is 0.286. The van der Waals surface area contributed by atoms with Crippen molar-refractivity contribution >= 4 is 37.6 Å². The van der Waals surface area contributed by atoms with Crippen molar-refractivity contribution in [3.8, 4) is 5.75 Å². The molecule has 0 atom stereocenters. The number of Topliss-reactive ketones (excluding diaryl/α,β-unsaturated/α-hetero) is 1. The second-order valence-electron chi connectivity index (χ2n) is 4.42. The van der Waals surface area contributed by atoms with Crippen molar-refractivity contribution in [3.63, 3.8) is 0 Å². The fourth-order valence-corrected chi connectivity index (χ4v) is 2.91. The number of methoxy groups -OCH3 is 1. The number of ketones is 1. The van der Waals surface area contributed by atoms with Crippen LogP contribution in [-0.2, 0) is 13.5 Å². The van der Waals surface area contributed by atoms with E-state index in [0.29, 0.717) is 11.3 Å². The summed E-state index contributed by atoms with van der Waals surface area (Å²) in [4.78, 5) is 12.5. The number of halogens is 2. The number of rotatable bonds is 4. The van der Waals surface area contributed by atoms with Gasteiger partial charge in [0.2, 0.25) is 0 Å². The molecule has 1 heterocycles. The largest absolute Gasteiger partial charge is 0.497 e. The summed E-state index contributed by atoms with van der Waals surface area (Å²) in [5.74, 6) is 0.677. The number of aryl methyl sites for hydroxylation is 2. The summed E-state index contributed by atoms with van der Waals surface area (Å²) in [6.07, 6.45) is 0.281. The predicted molar refractivity (Wildman–Crippen MR) is 84.4 cm³/mol. The Morgan fingerprint density at radius 3 is 2.65 bits per heavy atom. The smallest absolute Gasteiger partial charge is 0.170 e. The van der Waals surface area contributed by atoms with Gasteiger partial charge in [0.15, 0.2) is 5.78 Å².